The minimum Gasteiger partial charge on any atom is -0.362 e. The van der Waals surface area contributed by atoms with Crippen molar-refractivity contribution in [2.75, 3.05) is 25.5 Å². The summed E-state index contributed by atoms with van der Waals surface area (Å²) in [6.07, 6.45) is 0.605. The van der Waals surface area contributed by atoms with Crippen LogP contribution in [0.1, 0.15) is 28.3 Å². The van der Waals surface area contributed by atoms with Crippen LogP contribution >= 0.6 is 0 Å². The summed E-state index contributed by atoms with van der Waals surface area (Å²) in [5, 5.41) is 0. The highest BCUT2D eigenvalue weighted by molar-refractivity contribution is 5.79. The number of fused-ring (bicyclic) bond motifs is 1. The lowest BCUT2D eigenvalue weighted by Gasteiger charge is -2.30. The number of aryl methyl sites for hydroxylation is 2. The molecule has 2 aromatic rings. The first-order chi connectivity index (χ1) is 12.3. The maximum atomic E-state index is 12.7. The lowest BCUT2D eigenvalue weighted by Crippen LogP contribution is -2.40. The Kier molecular flexibility index (Phi) is 4.62. The molecule has 9 heteroatoms. The van der Waals surface area contributed by atoms with Gasteiger partial charge in [0, 0.05) is 37.5 Å². The van der Waals surface area contributed by atoms with Gasteiger partial charge in [-0.2, -0.15) is 0 Å². The summed E-state index contributed by atoms with van der Waals surface area (Å²) >= 11 is 0. The highest BCUT2D eigenvalue weighted by Gasteiger charge is 2.26. The maximum Gasteiger partial charge on any atom is 0.325 e. The van der Waals surface area contributed by atoms with Crippen molar-refractivity contribution in [3.8, 4) is 0 Å². The van der Waals surface area contributed by atoms with Crippen molar-refractivity contribution < 1.29 is 4.79 Å². The molecule has 0 radical (unpaired) electrons. The number of H-pyrrole nitrogens is 2. The van der Waals surface area contributed by atoms with E-state index in [2.05, 4.69) is 19.9 Å². The molecule has 138 valence electrons. The molecule has 0 saturated heterocycles. The van der Waals surface area contributed by atoms with E-state index in [-0.39, 0.29) is 17.9 Å². The standard InChI is InChI=1S/C17H22N6O3/c1-9-12(16(25)21-17(26)18-9)7-14(24)23-6-5-11-13(8-23)19-10(2)20-15(11)22(3)4/h5-8H2,1-4H3,(H2,18,21,25,26). The Labute approximate surface area is 150 Å². The Morgan fingerprint density at radius 2 is 1.92 bits per heavy atom. The van der Waals surface area contributed by atoms with Gasteiger partial charge in [0.25, 0.3) is 5.56 Å². The lowest BCUT2D eigenvalue weighted by atomic mass is 10.0. The molecule has 9 nitrogen and oxygen atoms in total. The molecule has 2 N–H and O–H groups in total. The summed E-state index contributed by atoms with van der Waals surface area (Å²) in [7, 11) is 3.87. The second kappa shape index (κ2) is 6.74. The number of rotatable bonds is 3. The predicted octanol–water partition coefficient (Wildman–Crippen LogP) is -0.337. The fourth-order valence-electron chi connectivity index (χ4n) is 3.22. The average molecular weight is 358 g/mol. The summed E-state index contributed by atoms with van der Waals surface area (Å²) in [5.74, 6) is 1.38. The molecular weight excluding hydrogens is 336 g/mol. The van der Waals surface area contributed by atoms with Gasteiger partial charge in [-0.25, -0.2) is 14.8 Å². The van der Waals surface area contributed by atoms with Gasteiger partial charge < -0.3 is 14.8 Å². The molecule has 0 bridgehead atoms. The van der Waals surface area contributed by atoms with Gasteiger partial charge in [0.15, 0.2) is 0 Å². The quantitative estimate of drug-likeness (QED) is 0.776. The molecule has 0 saturated carbocycles. The first-order valence-electron chi connectivity index (χ1n) is 8.40. The maximum absolute atomic E-state index is 12.7. The molecule has 0 unspecified atom stereocenters. The van der Waals surface area contributed by atoms with Gasteiger partial charge in [-0.3, -0.25) is 14.6 Å². The van der Waals surface area contributed by atoms with Crippen molar-refractivity contribution in [2.24, 2.45) is 0 Å². The van der Waals surface area contributed by atoms with Gasteiger partial charge in [-0.05, 0) is 20.3 Å². The summed E-state index contributed by atoms with van der Waals surface area (Å²) in [6, 6.07) is 0. The van der Waals surface area contributed by atoms with Crippen molar-refractivity contribution in [3.05, 3.63) is 49.2 Å². The zero-order valence-electron chi connectivity index (χ0n) is 15.3. The number of hydrogen-bond donors (Lipinski definition) is 2. The van der Waals surface area contributed by atoms with Crippen LogP contribution in [0, 0.1) is 13.8 Å². The second-order valence-electron chi connectivity index (χ2n) is 6.67. The SMILES string of the molecule is Cc1nc2c(c(N(C)C)n1)CCN(C(=O)Cc1c(C)[nH]c(=O)[nH]c1=O)C2. The highest BCUT2D eigenvalue weighted by atomic mass is 16.2. The minimum atomic E-state index is -0.570. The van der Waals surface area contributed by atoms with Crippen LogP contribution in [0.5, 0.6) is 0 Å². The number of aromatic nitrogens is 4. The van der Waals surface area contributed by atoms with Crippen LogP contribution in [0.15, 0.2) is 9.59 Å². The Morgan fingerprint density at radius 1 is 1.19 bits per heavy atom. The number of nitrogens with zero attached hydrogens (tertiary/aromatic N) is 4. The van der Waals surface area contributed by atoms with Crippen molar-refractivity contribution >= 4 is 11.7 Å². The molecular formula is C17H22N6O3. The monoisotopic (exact) mass is 358 g/mol. The van der Waals surface area contributed by atoms with E-state index in [1.807, 2.05) is 25.9 Å². The van der Waals surface area contributed by atoms with Crippen LogP contribution in [0.2, 0.25) is 0 Å². The van der Waals surface area contributed by atoms with E-state index in [0.29, 0.717) is 31.0 Å². The Morgan fingerprint density at radius 3 is 2.58 bits per heavy atom. The molecule has 3 heterocycles. The van der Waals surface area contributed by atoms with Crippen LogP contribution in [0.3, 0.4) is 0 Å². The number of hydrogen-bond acceptors (Lipinski definition) is 6. The Hall–Kier alpha value is -2.97. The zero-order valence-corrected chi connectivity index (χ0v) is 15.3. The molecule has 0 fully saturated rings. The van der Waals surface area contributed by atoms with Crippen molar-refractivity contribution in [2.45, 2.75) is 33.2 Å². The number of aromatic amines is 2. The molecule has 3 rings (SSSR count). The molecule has 1 aliphatic rings. The number of carbonyl (C=O) groups excluding carboxylic acids is 1. The molecule has 0 spiro atoms. The molecule has 1 aliphatic heterocycles. The molecule has 0 aromatic carbocycles. The van der Waals surface area contributed by atoms with Gasteiger partial charge in [0.05, 0.1) is 18.7 Å². The van der Waals surface area contributed by atoms with E-state index >= 15 is 0 Å². The van der Waals surface area contributed by atoms with Crippen LogP contribution in [-0.4, -0.2) is 51.4 Å². The predicted molar refractivity (Wildman–Crippen MR) is 96.3 cm³/mol. The van der Waals surface area contributed by atoms with Crippen LogP contribution < -0.4 is 16.1 Å². The second-order valence-corrected chi connectivity index (χ2v) is 6.67. The Balaban J connectivity index is 1.84. The number of amides is 1. The third kappa shape index (κ3) is 3.37. The summed E-state index contributed by atoms with van der Waals surface area (Å²) in [4.78, 5) is 53.3. The number of anilines is 1. The lowest BCUT2D eigenvalue weighted by molar-refractivity contribution is -0.131. The highest BCUT2D eigenvalue weighted by Crippen LogP contribution is 2.25. The Bertz CT molecular complexity index is 975. The third-order valence-electron chi connectivity index (χ3n) is 4.51. The van der Waals surface area contributed by atoms with Gasteiger partial charge in [-0.15, -0.1) is 0 Å². The van der Waals surface area contributed by atoms with E-state index in [1.165, 1.54) is 0 Å². The average Bonchev–Trinajstić information content (AvgIpc) is 2.56. The zero-order chi connectivity index (χ0) is 19.0. The minimum absolute atomic E-state index is 0.0577. The first kappa shape index (κ1) is 17.8. The van der Waals surface area contributed by atoms with E-state index in [4.69, 9.17) is 0 Å². The smallest absolute Gasteiger partial charge is 0.325 e. The van der Waals surface area contributed by atoms with Crippen LogP contribution in [0.25, 0.3) is 0 Å². The summed E-state index contributed by atoms with van der Waals surface area (Å²) in [5.41, 5.74) is 1.51. The van der Waals surface area contributed by atoms with Gasteiger partial charge in [0.2, 0.25) is 5.91 Å². The van der Waals surface area contributed by atoms with Gasteiger partial charge in [-0.1, -0.05) is 0 Å². The molecule has 26 heavy (non-hydrogen) atoms. The number of nitrogens with one attached hydrogen (secondary N) is 2. The van der Waals surface area contributed by atoms with E-state index in [9.17, 15) is 14.4 Å². The molecule has 1 amide bonds. The van der Waals surface area contributed by atoms with Crippen molar-refractivity contribution in [1.29, 1.82) is 0 Å². The van der Waals surface area contributed by atoms with E-state index in [0.717, 1.165) is 17.1 Å². The van der Waals surface area contributed by atoms with E-state index < -0.39 is 11.2 Å². The van der Waals surface area contributed by atoms with Crippen LogP contribution in [-0.2, 0) is 24.2 Å². The molecule has 0 atom stereocenters. The number of carbonyl (C=O) groups is 1. The van der Waals surface area contributed by atoms with Crippen molar-refractivity contribution in [1.82, 2.24) is 24.8 Å². The largest absolute Gasteiger partial charge is 0.362 e. The van der Waals surface area contributed by atoms with Gasteiger partial charge in [0.1, 0.15) is 11.6 Å². The van der Waals surface area contributed by atoms with Crippen molar-refractivity contribution in [3.63, 3.8) is 0 Å². The fraction of sp³-hybridized carbons (Fsp3) is 0.471. The fourth-order valence-corrected chi connectivity index (χ4v) is 3.22. The topological polar surface area (TPSA) is 115 Å². The normalized spacial score (nSPS) is 13.5. The third-order valence-corrected chi connectivity index (χ3v) is 4.51. The van der Waals surface area contributed by atoms with Crippen LogP contribution in [0.4, 0.5) is 5.82 Å². The summed E-state index contributed by atoms with van der Waals surface area (Å²) in [6.45, 7) is 4.38. The van der Waals surface area contributed by atoms with Gasteiger partial charge >= 0.3 is 5.69 Å². The van der Waals surface area contributed by atoms with E-state index in [1.54, 1.807) is 11.8 Å². The molecule has 0 aliphatic carbocycles. The molecule has 2 aromatic heterocycles. The summed E-state index contributed by atoms with van der Waals surface area (Å²) < 4.78 is 0. The first-order valence-corrected chi connectivity index (χ1v) is 8.40.